The summed E-state index contributed by atoms with van der Waals surface area (Å²) in [4.78, 5) is 19.0. The van der Waals surface area contributed by atoms with E-state index in [9.17, 15) is 14.4 Å². The molecule has 32 heavy (non-hydrogen) atoms. The van der Waals surface area contributed by atoms with Gasteiger partial charge in [0.2, 0.25) is 5.55 Å². The van der Waals surface area contributed by atoms with Gasteiger partial charge in [0.15, 0.2) is 0 Å². The quantitative estimate of drug-likeness (QED) is 0.430. The second kappa shape index (κ2) is 8.40. The fraction of sp³-hybridized carbons (Fsp3) is 0.160. The summed E-state index contributed by atoms with van der Waals surface area (Å²) in [6, 6.07) is 16.9. The number of hydrogen-bond donors (Lipinski definition) is 1. The Hall–Kier alpha value is -3.76. The van der Waals surface area contributed by atoms with Gasteiger partial charge in [-0.15, -0.1) is 11.3 Å². The molecule has 5 rings (SSSR count). The third kappa shape index (κ3) is 3.81. The van der Waals surface area contributed by atoms with E-state index in [4.69, 9.17) is 4.42 Å². The molecule has 5 nitrogen and oxygen atoms in total. The molecule has 0 spiro atoms. The summed E-state index contributed by atoms with van der Waals surface area (Å²) in [7, 11) is 0. The van der Waals surface area contributed by atoms with Crippen molar-refractivity contribution in [2.75, 3.05) is 5.32 Å². The number of amides is 1. The first-order valence-electron chi connectivity index (χ1n) is 10.3. The second-order valence-electron chi connectivity index (χ2n) is 7.58. The van der Waals surface area contributed by atoms with Gasteiger partial charge in [-0.25, -0.2) is 9.38 Å². The molecular weight excluding hydrogens is 425 g/mol. The lowest BCUT2D eigenvalue weighted by Gasteiger charge is -2.09. The number of rotatable bonds is 3. The Morgan fingerprint density at radius 2 is 1.91 bits per heavy atom. The van der Waals surface area contributed by atoms with Crippen LogP contribution in [0.3, 0.4) is 0 Å². The molecule has 0 aliphatic heterocycles. The van der Waals surface area contributed by atoms with Gasteiger partial charge in [0.05, 0.1) is 5.56 Å². The highest BCUT2D eigenvalue weighted by Gasteiger charge is 2.21. The Morgan fingerprint density at radius 3 is 2.72 bits per heavy atom. The molecule has 0 unspecified atom stereocenters. The van der Waals surface area contributed by atoms with Gasteiger partial charge in [-0.2, -0.15) is 5.26 Å². The largest absolute Gasteiger partial charge is 0.437 e. The number of carbonyl (C=O) groups excluding carboxylic acids is 1. The minimum Gasteiger partial charge on any atom is -0.437 e. The second-order valence-corrected chi connectivity index (χ2v) is 8.66. The maximum Gasteiger partial charge on any atom is 0.261 e. The fourth-order valence-corrected chi connectivity index (χ4v) is 5.09. The predicted molar refractivity (Wildman–Crippen MR) is 121 cm³/mol. The monoisotopic (exact) mass is 443 g/mol. The van der Waals surface area contributed by atoms with Gasteiger partial charge in [-0.1, -0.05) is 18.2 Å². The lowest BCUT2D eigenvalue weighted by molar-refractivity contribution is 0.102. The fourth-order valence-electron chi connectivity index (χ4n) is 3.88. The zero-order valence-corrected chi connectivity index (χ0v) is 17.8. The summed E-state index contributed by atoms with van der Waals surface area (Å²) in [5.74, 6) is -0.810. The molecule has 0 bridgehead atoms. The summed E-state index contributed by atoms with van der Waals surface area (Å²) in [6.45, 7) is 0. The van der Waals surface area contributed by atoms with Crippen LogP contribution in [0.1, 0.15) is 39.2 Å². The first kappa shape index (κ1) is 20.2. The van der Waals surface area contributed by atoms with Crippen molar-refractivity contribution in [2.24, 2.45) is 4.99 Å². The van der Waals surface area contributed by atoms with Crippen LogP contribution < -0.4 is 10.9 Å². The highest BCUT2D eigenvalue weighted by Crippen LogP contribution is 2.39. The number of nitriles is 1. The normalized spacial score (nSPS) is 13.6. The molecule has 0 saturated carbocycles. The number of nitrogens with one attached hydrogen (secondary N) is 1. The summed E-state index contributed by atoms with van der Waals surface area (Å²) in [5.41, 5.74) is 3.06. The van der Waals surface area contributed by atoms with Crippen LogP contribution in [0.5, 0.6) is 0 Å². The molecule has 1 aliphatic carbocycles. The molecule has 4 aromatic rings. The van der Waals surface area contributed by atoms with Gasteiger partial charge in [0, 0.05) is 16.0 Å². The maximum absolute atomic E-state index is 13.2. The van der Waals surface area contributed by atoms with Crippen molar-refractivity contribution < 1.29 is 13.6 Å². The van der Waals surface area contributed by atoms with Crippen molar-refractivity contribution in [3.05, 3.63) is 87.5 Å². The highest BCUT2D eigenvalue weighted by atomic mass is 32.1. The summed E-state index contributed by atoms with van der Waals surface area (Å²) >= 11 is 1.49. The van der Waals surface area contributed by atoms with Crippen molar-refractivity contribution in [2.45, 2.75) is 25.7 Å². The average Bonchev–Trinajstić information content (AvgIpc) is 3.17. The number of aryl methyl sites for hydroxylation is 1. The van der Waals surface area contributed by atoms with Crippen molar-refractivity contribution >= 4 is 38.9 Å². The molecule has 158 valence electrons. The van der Waals surface area contributed by atoms with E-state index in [0.717, 1.165) is 36.6 Å². The Morgan fingerprint density at radius 1 is 1.12 bits per heavy atom. The standard InChI is InChI=1S/C25H18FN3O2S/c26-16-9-11-17(12-10-16)28-23(30)19-13-15-5-1-3-7-21(15)31-24(19)29-25-20(14-27)18-6-2-4-8-22(18)32-25/h1,3,5,7,9-13H,2,4,6,8H2,(H,28,30). The lowest BCUT2D eigenvalue weighted by Crippen LogP contribution is -2.21. The van der Waals surface area contributed by atoms with E-state index in [1.54, 1.807) is 12.1 Å². The minimum atomic E-state index is -0.426. The molecule has 1 N–H and O–H groups in total. The van der Waals surface area contributed by atoms with Gasteiger partial charge in [0.1, 0.15) is 28.0 Å². The van der Waals surface area contributed by atoms with Crippen LogP contribution in [0, 0.1) is 17.1 Å². The van der Waals surface area contributed by atoms with Crippen LogP contribution >= 0.6 is 11.3 Å². The smallest absolute Gasteiger partial charge is 0.261 e. The molecule has 1 amide bonds. The molecule has 0 fully saturated rings. The molecular formula is C25H18FN3O2S. The number of para-hydroxylation sites is 1. The Balaban J connectivity index is 1.65. The van der Waals surface area contributed by atoms with Crippen molar-refractivity contribution in [3.8, 4) is 6.07 Å². The zero-order chi connectivity index (χ0) is 22.1. The summed E-state index contributed by atoms with van der Waals surface area (Å²) < 4.78 is 19.2. The Kier molecular flexibility index (Phi) is 5.29. The lowest BCUT2D eigenvalue weighted by atomic mass is 9.96. The van der Waals surface area contributed by atoms with E-state index < -0.39 is 5.91 Å². The number of carbonyl (C=O) groups is 1. The van der Waals surface area contributed by atoms with Gasteiger partial charge < -0.3 is 9.73 Å². The summed E-state index contributed by atoms with van der Waals surface area (Å²) in [5, 5.41) is 13.8. The third-order valence-corrected chi connectivity index (χ3v) is 6.66. The van der Waals surface area contributed by atoms with E-state index in [2.05, 4.69) is 16.4 Å². The van der Waals surface area contributed by atoms with E-state index in [1.165, 1.54) is 40.5 Å². The molecule has 0 saturated heterocycles. The van der Waals surface area contributed by atoms with Gasteiger partial charge in [-0.3, -0.25) is 4.79 Å². The molecule has 2 aromatic carbocycles. The van der Waals surface area contributed by atoms with Gasteiger partial charge in [-0.05, 0) is 67.6 Å². The zero-order valence-electron chi connectivity index (χ0n) is 17.0. The van der Waals surface area contributed by atoms with Crippen LogP contribution in [0.2, 0.25) is 0 Å². The summed E-state index contributed by atoms with van der Waals surface area (Å²) in [6.07, 6.45) is 3.97. The van der Waals surface area contributed by atoms with E-state index in [1.807, 2.05) is 18.2 Å². The van der Waals surface area contributed by atoms with Crippen molar-refractivity contribution in [1.82, 2.24) is 0 Å². The van der Waals surface area contributed by atoms with Gasteiger partial charge in [0.25, 0.3) is 5.91 Å². The number of fused-ring (bicyclic) bond motifs is 2. The molecule has 2 aromatic heterocycles. The van der Waals surface area contributed by atoms with Crippen molar-refractivity contribution in [1.29, 1.82) is 5.26 Å². The van der Waals surface area contributed by atoms with Crippen LogP contribution in [-0.4, -0.2) is 5.91 Å². The van der Waals surface area contributed by atoms with Gasteiger partial charge >= 0.3 is 0 Å². The number of halogens is 1. The third-order valence-electron chi connectivity index (χ3n) is 5.47. The number of benzene rings is 2. The topological polar surface area (TPSA) is 78.4 Å². The predicted octanol–water partition coefficient (Wildman–Crippen LogP) is 5.87. The molecule has 1 aliphatic rings. The SMILES string of the molecule is N#Cc1c(N=c2oc3ccccc3cc2C(=O)Nc2ccc(F)cc2)sc2c1CCCC2. The Labute approximate surface area is 187 Å². The molecule has 7 heteroatoms. The van der Waals surface area contributed by atoms with Crippen LogP contribution in [0.15, 0.2) is 64.0 Å². The molecule has 0 radical (unpaired) electrons. The first-order valence-corrected chi connectivity index (χ1v) is 11.1. The van der Waals surface area contributed by atoms with Crippen LogP contribution in [0.4, 0.5) is 15.1 Å². The van der Waals surface area contributed by atoms with Crippen LogP contribution in [0.25, 0.3) is 11.0 Å². The minimum absolute atomic E-state index is 0.137. The number of hydrogen-bond acceptors (Lipinski definition) is 5. The average molecular weight is 444 g/mol. The van der Waals surface area contributed by atoms with E-state index >= 15 is 0 Å². The number of nitrogens with zero attached hydrogens (tertiary/aromatic N) is 2. The Bertz CT molecular complexity index is 1450. The molecule has 0 atom stereocenters. The number of anilines is 1. The van der Waals surface area contributed by atoms with Crippen LogP contribution in [-0.2, 0) is 12.8 Å². The van der Waals surface area contributed by atoms with E-state index in [0.29, 0.717) is 21.8 Å². The number of thiophene rings is 1. The van der Waals surface area contributed by atoms with E-state index in [-0.39, 0.29) is 16.9 Å². The van der Waals surface area contributed by atoms with Crippen molar-refractivity contribution in [3.63, 3.8) is 0 Å². The molecule has 2 heterocycles. The maximum atomic E-state index is 13.2. The first-order chi connectivity index (χ1) is 15.6. The highest BCUT2D eigenvalue weighted by molar-refractivity contribution is 7.16.